The fraction of sp³-hybridized carbons (Fsp3) is 0.250. The van der Waals surface area contributed by atoms with Crippen LogP contribution in [0.1, 0.15) is 16.7 Å². The van der Waals surface area contributed by atoms with Crippen LogP contribution in [0.25, 0.3) is 11.1 Å². The number of fused-ring (bicyclic) bond motifs is 3. The molecule has 1 aliphatic rings. The predicted octanol–water partition coefficient (Wildman–Crippen LogP) is 3.64. The number of hydrogen-bond acceptors (Lipinski definition) is 0. The molecular formula is C16H17S+. The van der Waals surface area contributed by atoms with E-state index in [0.717, 1.165) is 6.42 Å². The summed E-state index contributed by atoms with van der Waals surface area (Å²) in [5.74, 6) is 1.22. The van der Waals surface area contributed by atoms with Gasteiger partial charge >= 0.3 is 0 Å². The predicted molar refractivity (Wildman–Crippen MR) is 77.6 cm³/mol. The zero-order chi connectivity index (χ0) is 11.8. The minimum atomic E-state index is 0.476. The highest BCUT2D eigenvalue weighted by atomic mass is 32.2. The summed E-state index contributed by atoms with van der Waals surface area (Å²) in [4.78, 5) is 0. The van der Waals surface area contributed by atoms with Crippen LogP contribution in [0, 0.1) is 0 Å². The summed E-state index contributed by atoms with van der Waals surface area (Å²) in [7, 11) is 0.476. The first kappa shape index (κ1) is 10.9. The van der Waals surface area contributed by atoms with Crippen molar-refractivity contribution < 1.29 is 0 Å². The highest BCUT2D eigenvalue weighted by Gasteiger charge is 2.21. The third-order valence-corrected chi connectivity index (χ3v) is 4.28. The van der Waals surface area contributed by atoms with Gasteiger partial charge in [0.05, 0.1) is 12.5 Å². The lowest BCUT2D eigenvalue weighted by Gasteiger charge is -2.06. The van der Waals surface area contributed by atoms with Gasteiger partial charge in [0.15, 0.2) is 0 Å². The van der Waals surface area contributed by atoms with Gasteiger partial charge in [-0.3, -0.25) is 0 Å². The second kappa shape index (κ2) is 4.23. The molecule has 0 heterocycles. The maximum Gasteiger partial charge on any atom is 0.133 e. The third-order valence-electron chi connectivity index (χ3n) is 3.39. The molecule has 0 spiro atoms. The first-order valence-electron chi connectivity index (χ1n) is 5.99. The molecule has 2 aromatic rings. The van der Waals surface area contributed by atoms with E-state index >= 15 is 0 Å². The summed E-state index contributed by atoms with van der Waals surface area (Å²) in [5, 5.41) is 0. The van der Waals surface area contributed by atoms with Crippen molar-refractivity contribution in [3.63, 3.8) is 0 Å². The van der Waals surface area contributed by atoms with Crippen molar-refractivity contribution in [2.24, 2.45) is 0 Å². The summed E-state index contributed by atoms with van der Waals surface area (Å²) in [5.41, 5.74) is 7.50. The maximum absolute atomic E-state index is 2.32. The van der Waals surface area contributed by atoms with Crippen LogP contribution in [0.5, 0.6) is 0 Å². The minimum Gasteiger partial charge on any atom is -0.0619 e. The lowest BCUT2D eigenvalue weighted by atomic mass is 10.0. The molecule has 17 heavy (non-hydrogen) atoms. The standard InChI is InChI=1S/C16H17S/c1-17(2)11-13-7-5-9-15-14-8-4-3-6-12(14)10-16(13)15/h3-9H,10-11H2,1-2H3/q+1. The number of benzene rings is 2. The second-order valence-corrected chi connectivity index (χ2v) is 7.17. The van der Waals surface area contributed by atoms with E-state index in [1.165, 1.54) is 22.4 Å². The van der Waals surface area contributed by atoms with Crippen LogP contribution in [0.2, 0.25) is 0 Å². The van der Waals surface area contributed by atoms with E-state index in [4.69, 9.17) is 0 Å². The van der Waals surface area contributed by atoms with Crippen LogP contribution >= 0.6 is 0 Å². The Hall–Kier alpha value is -1.21. The van der Waals surface area contributed by atoms with E-state index in [1.807, 2.05) is 0 Å². The highest BCUT2D eigenvalue weighted by Crippen LogP contribution is 2.38. The zero-order valence-corrected chi connectivity index (χ0v) is 11.2. The van der Waals surface area contributed by atoms with Crippen LogP contribution in [-0.2, 0) is 23.1 Å². The Balaban J connectivity index is 2.11. The van der Waals surface area contributed by atoms with Gasteiger partial charge in [-0.25, -0.2) is 0 Å². The second-order valence-electron chi connectivity index (χ2n) is 4.91. The molecule has 0 unspecified atom stereocenters. The Morgan fingerprint density at radius 1 is 0.941 bits per heavy atom. The molecule has 0 atom stereocenters. The molecule has 0 N–H and O–H groups in total. The number of rotatable bonds is 2. The summed E-state index contributed by atoms with van der Waals surface area (Å²) >= 11 is 0. The van der Waals surface area contributed by atoms with E-state index < -0.39 is 0 Å². The lowest BCUT2D eigenvalue weighted by Crippen LogP contribution is -2.02. The smallest absolute Gasteiger partial charge is 0.0619 e. The Morgan fingerprint density at radius 3 is 2.53 bits per heavy atom. The Labute approximate surface area is 106 Å². The molecule has 3 rings (SSSR count). The van der Waals surface area contributed by atoms with Gasteiger partial charge in [0, 0.05) is 5.56 Å². The van der Waals surface area contributed by atoms with Crippen molar-refractivity contribution in [2.75, 3.05) is 12.5 Å². The fourth-order valence-electron chi connectivity index (χ4n) is 2.67. The van der Waals surface area contributed by atoms with Crippen LogP contribution < -0.4 is 0 Å². The van der Waals surface area contributed by atoms with Crippen LogP contribution in [-0.4, -0.2) is 12.5 Å². The molecule has 0 saturated carbocycles. The van der Waals surface area contributed by atoms with Gasteiger partial charge in [0.1, 0.15) is 5.75 Å². The highest BCUT2D eigenvalue weighted by molar-refractivity contribution is 7.94. The van der Waals surface area contributed by atoms with Crippen LogP contribution in [0.4, 0.5) is 0 Å². The minimum absolute atomic E-state index is 0.476. The zero-order valence-electron chi connectivity index (χ0n) is 10.4. The molecular weight excluding hydrogens is 224 g/mol. The first-order valence-corrected chi connectivity index (χ1v) is 8.20. The molecule has 0 aromatic heterocycles. The van der Waals surface area contributed by atoms with Crippen molar-refractivity contribution in [2.45, 2.75) is 12.2 Å². The van der Waals surface area contributed by atoms with Crippen molar-refractivity contribution in [1.82, 2.24) is 0 Å². The molecule has 0 fully saturated rings. The average molecular weight is 241 g/mol. The monoisotopic (exact) mass is 241 g/mol. The van der Waals surface area contributed by atoms with E-state index in [2.05, 4.69) is 55.0 Å². The van der Waals surface area contributed by atoms with Crippen molar-refractivity contribution in [3.05, 3.63) is 59.2 Å². The van der Waals surface area contributed by atoms with Crippen LogP contribution in [0.15, 0.2) is 42.5 Å². The normalized spacial score (nSPS) is 12.6. The molecule has 2 aromatic carbocycles. The van der Waals surface area contributed by atoms with Gasteiger partial charge in [-0.1, -0.05) is 42.5 Å². The molecule has 0 nitrogen and oxygen atoms in total. The molecule has 86 valence electrons. The number of hydrogen-bond donors (Lipinski definition) is 0. The van der Waals surface area contributed by atoms with E-state index in [9.17, 15) is 0 Å². The average Bonchev–Trinajstić information content (AvgIpc) is 2.68. The quantitative estimate of drug-likeness (QED) is 0.601. The van der Waals surface area contributed by atoms with Crippen molar-refractivity contribution in [1.29, 1.82) is 0 Å². The van der Waals surface area contributed by atoms with Gasteiger partial charge in [-0.05, 0) is 39.6 Å². The topological polar surface area (TPSA) is 0 Å². The Bertz CT molecular complexity index is 555. The van der Waals surface area contributed by atoms with Crippen molar-refractivity contribution >= 4 is 10.9 Å². The third kappa shape index (κ3) is 1.89. The molecule has 0 amide bonds. The lowest BCUT2D eigenvalue weighted by molar-refractivity contribution is 1.20. The molecule has 0 bridgehead atoms. The Morgan fingerprint density at radius 2 is 1.71 bits per heavy atom. The molecule has 0 saturated heterocycles. The largest absolute Gasteiger partial charge is 0.133 e. The van der Waals surface area contributed by atoms with Gasteiger partial charge in [-0.2, -0.15) is 0 Å². The summed E-state index contributed by atoms with van der Waals surface area (Å²) in [6, 6.07) is 15.6. The van der Waals surface area contributed by atoms with E-state index in [0.29, 0.717) is 10.9 Å². The molecule has 0 radical (unpaired) electrons. The molecule has 1 heteroatoms. The Kier molecular flexibility index (Phi) is 2.71. The van der Waals surface area contributed by atoms with Crippen molar-refractivity contribution in [3.8, 4) is 11.1 Å². The summed E-state index contributed by atoms with van der Waals surface area (Å²) < 4.78 is 0. The molecule has 0 aliphatic heterocycles. The van der Waals surface area contributed by atoms with E-state index in [-0.39, 0.29) is 0 Å². The van der Waals surface area contributed by atoms with Gasteiger partial charge < -0.3 is 0 Å². The SMILES string of the molecule is C[S+](C)Cc1cccc2c1Cc1ccccc1-2. The van der Waals surface area contributed by atoms with Gasteiger partial charge in [0.25, 0.3) is 0 Å². The maximum atomic E-state index is 2.32. The summed E-state index contributed by atoms with van der Waals surface area (Å²) in [6.45, 7) is 0. The first-order chi connectivity index (χ1) is 8.25. The van der Waals surface area contributed by atoms with Gasteiger partial charge in [-0.15, -0.1) is 0 Å². The van der Waals surface area contributed by atoms with E-state index in [1.54, 1.807) is 11.1 Å². The fourth-order valence-corrected chi connectivity index (χ4v) is 3.56. The molecule has 1 aliphatic carbocycles. The van der Waals surface area contributed by atoms with Crippen LogP contribution in [0.3, 0.4) is 0 Å². The summed E-state index contributed by atoms with van der Waals surface area (Å²) in [6.07, 6.45) is 5.77. The van der Waals surface area contributed by atoms with Gasteiger partial charge in [0.2, 0.25) is 0 Å².